The zero-order valence-corrected chi connectivity index (χ0v) is 11.6. The van der Waals surface area contributed by atoms with E-state index in [1.165, 1.54) is 12.0 Å². The zero-order chi connectivity index (χ0) is 13.1. The van der Waals surface area contributed by atoms with Crippen LogP contribution in [0.15, 0.2) is 24.3 Å². The molecule has 2 rings (SSSR count). The van der Waals surface area contributed by atoms with Crippen molar-refractivity contribution in [3.63, 3.8) is 0 Å². The zero-order valence-electron chi connectivity index (χ0n) is 11.6. The van der Waals surface area contributed by atoms with E-state index < -0.39 is 0 Å². The smallest absolute Gasteiger partial charge is 0.118 e. The molecule has 3 heteroatoms. The highest BCUT2D eigenvalue weighted by Crippen LogP contribution is 2.38. The first kappa shape index (κ1) is 13.4. The standard InChI is InChI=1S/C15H24N2O/c1-11(2)17-9-8-13(10-16)15(17)12-4-6-14(18-3)7-5-12/h4-7,11,13,15H,8-10,16H2,1-3H3. The van der Waals surface area contributed by atoms with Gasteiger partial charge >= 0.3 is 0 Å². The van der Waals surface area contributed by atoms with Crippen LogP contribution in [-0.2, 0) is 0 Å². The van der Waals surface area contributed by atoms with Crippen LogP contribution in [0.3, 0.4) is 0 Å². The van der Waals surface area contributed by atoms with E-state index >= 15 is 0 Å². The van der Waals surface area contributed by atoms with E-state index in [0.29, 0.717) is 18.0 Å². The Kier molecular flexibility index (Phi) is 4.25. The van der Waals surface area contributed by atoms with Crippen molar-refractivity contribution in [2.45, 2.75) is 32.4 Å². The summed E-state index contributed by atoms with van der Waals surface area (Å²) in [4.78, 5) is 2.55. The SMILES string of the molecule is COc1ccc(C2C(CN)CCN2C(C)C)cc1. The van der Waals surface area contributed by atoms with Crippen LogP contribution in [0.25, 0.3) is 0 Å². The second-order valence-electron chi connectivity index (χ2n) is 5.33. The molecule has 1 aliphatic rings. The third kappa shape index (κ3) is 2.52. The van der Waals surface area contributed by atoms with Crippen molar-refractivity contribution in [3.8, 4) is 5.75 Å². The Morgan fingerprint density at radius 1 is 1.33 bits per heavy atom. The third-order valence-electron chi connectivity index (χ3n) is 3.99. The Labute approximate surface area is 110 Å². The van der Waals surface area contributed by atoms with Gasteiger partial charge in [0.2, 0.25) is 0 Å². The number of nitrogens with two attached hydrogens (primary N) is 1. The molecule has 100 valence electrons. The van der Waals surface area contributed by atoms with Crippen LogP contribution in [0.5, 0.6) is 5.75 Å². The lowest BCUT2D eigenvalue weighted by Crippen LogP contribution is -2.33. The Morgan fingerprint density at radius 3 is 2.50 bits per heavy atom. The Balaban J connectivity index is 2.25. The Hall–Kier alpha value is -1.06. The fourth-order valence-electron chi connectivity index (χ4n) is 2.97. The lowest BCUT2D eigenvalue weighted by molar-refractivity contribution is 0.184. The summed E-state index contributed by atoms with van der Waals surface area (Å²) in [7, 11) is 1.70. The summed E-state index contributed by atoms with van der Waals surface area (Å²) >= 11 is 0. The van der Waals surface area contributed by atoms with Gasteiger partial charge in [-0.05, 0) is 57.0 Å². The minimum atomic E-state index is 0.459. The molecule has 0 bridgehead atoms. The summed E-state index contributed by atoms with van der Waals surface area (Å²) in [6, 6.07) is 9.45. The molecule has 0 amide bonds. The van der Waals surface area contributed by atoms with Gasteiger partial charge in [0.05, 0.1) is 7.11 Å². The van der Waals surface area contributed by atoms with E-state index in [-0.39, 0.29) is 0 Å². The van der Waals surface area contributed by atoms with Crippen LogP contribution in [-0.4, -0.2) is 31.1 Å². The van der Waals surface area contributed by atoms with Crippen molar-refractivity contribution in [3.05, 3.63) is 29.8 Å². The van der Waals surface area contributed by atoms with Gasteiger partial charge in [0.25, 0.3) is 0 Å². The molecule has 1 heterocycles. The van der Waals surface area contributed by atoms with Gasteiger partial charge in [0, 0.05) is 12.1 Å². The maximum absolute atomic E-state index is 5.93. The number of ether oxygens (including phenoxy) is 1. The lowest BCUT2D eigenvalue weighted by Gasteiger charge is -2.31. The molecule has 2 atom stereocenters. The summed E-state index contributed by atoms with van der Waals surface area (Å²) in [5, 5.41) is 0. The molecule has 0 spiro atoms. The second-order valence-corrected chi connectivity index (χ2v) is 5.33. The van der Waals surface area contributed by atoms with E-state index in [2.05, 4.69) is 30.9 Å². The first-order chi connectivity index (χ1) is 8.67. The van der Waals surface area contributed by atoms with Crippen molar-refractivity contribution in [2.24, 2.45) is 11.7 Å². The van der Waals surface area contributed by atoms with Crippen LogP contribution in [0.1, 0.15) is 31.9 Å². The van der Waals surface area contributed by atoms with Crippen LogP contribution in [0.4, 0.5) is 0 Å². The fourth-order valence-corrected chi connectivity index (χ4v) is 2.97. The van der Waals surface area contributed by atoms with Crippen molar-refractivity contribution in [1.29, 1.82) is 0 Å². The first-order valence-corrected chi connectivity index (χ1v) is 6.77. The molecule has 0 saturated carbocycles. The summed E-state index contributed by atoms with van der Waals surface area (Å²) < 4.78 is 5.22. The quantitative estimate of drug-likeness (QED) is 0.889. The highest BCUT2D eigenvalue weighted by atomic mass is 16.5. The Bertz CT molecular complexity index is 375. The number of rotatable bonds is 4. The van der Waals surface area contributed by atoms with E-state index in [1.807, 2.05) is 12.1 Å². The number of nitrogens with zero attached hydrogens (tertiary/aromatic N) is 1. The van der Waals surface area contributed by atoms with E-state index in [1.54, 1.807) is 7.11 Å². The third-order valence-corrected chi connectivity index (χ3v) is 3.99. The minimum absolute atomic E-state index is 0.459. The van der Waals surface area contributed by atoms with E-state index in [4.69, 9.17) is 10.5 Å². The van der Waals surface area contributed by atoms with Gasteiger partial charge in [0.15, 0.2) is 0 Å². The number of methoxy groups -OCH3 is 1. The van der Waals surface area contributed by atoms with Crippen molar-refractivity contribution >= 4 is 0 Å². The average Bonchev–Trinajstić information content (AvgIpc) is 2.82. The number of hydrogen-bond donors (Lipinski definition) is 1. The van der Waals surface area contributed by atoms with E-state index in [0.717, 1.165) is 18.8 Å². The van der Waals surface area contributed by atoms with Crippen molar-refractivity contribution in [1.82, 2.24) is 4.90 Å². The molecule has 18 heavy (non-hydrogen) atoms. The predicted molar refractivity (Wildman–Crippen MR) is 74.7 cm³/mol. The van der Waals surface area contributed by atoms with Crippen LogP contribution >= 0.6 is 0 Å². The number of benzene rings is 1. The fraction of sp³-hybridized carbons (Fsp3) is 0.600. The summed E-state index contributed by atoms with van der Waals surface area (Å²) in [5.74, 6) is 1.48. The predicted octanol–water partition coefficient (Wildman–Crippen LogP) is 2.43. The molecule has 2 N–H and O–H groups in total. The minimum Gasteiger partial charge on any atom is -0.497 e. The van der Waals surface area contributed by atoms with Gasteiger partial charge < -0.3 is 10.5 Å². The summed E-state index contributed by atoms with van der Waals surface area (Å²) in [5.41, 5.74) is 7.29. The van der Waals surface area contributed by atoms with Gasteiger partial charge in [-0.1, -0.05) is 12.1 Å². The Morgan fingerprint density at radius 2 is 2.00 bits per heavy atom. The van der Waals surface area contributed by atoms with Gasteiger partial charge in [-0.15, -0.1) is 0 Å². The molecule has 1 aliphatic heterocycles. The molecular weight excluding hydrogens is 224 g/mol. The topological polar surface area (TPSA) is 38.5 Å². The molecule has 0 aliphatic carbocycles. The molecular formula is C15H24N2O. The van der Waals surface area contributed by atoms with Gasteiger partial charge in [-0.25, -0.2) is 0 Å². The largest absolute Gasteiger partial charge is 0.497 e. The van der Waals surface area contributed by atoms with Gasteiger partial charge in [0.1, 0.15) is 5.75 Å². The highest BCUT2D eigenvalue weighted by molar-refractivity contribution is 5.30. The molecule has 1 saturated heterocycles. The van der Waals surface area contributed by atoms with Crippen molar-refractivity contribution in [2.75, 3.05) is 20.2 Å². The molecule has 2 unspecified atom stereocenters. The van der Waals surface area contributed by atoms with Crippen LogP contribution in [0, 0.1) is 5.92 Å². The highest BCUT2D eigenvalue weighted by Gasteiger charge is 2.35. The molecule has 0 aromatic heterocycles. The normalized spacial score (nSPS) is 24.7. The van der Waals surface area contributed by atoms with Gasteiger partial charge in [-0.3, -0.25) is 4.90 Å². The first-order valence-electron chi connectivity index (χ1n) is 6.77. The maximum atomic E-state index is 5.93. The van der Waals surface area contributed by atoms with Crippen LogP contribution in [0.2, 0.25) is 0 Å². The van der Waals surface area contributed by atoms with Crippen molar-refractivity contribution < 1.29 is 4.74 Å². The van der Waals surface area contributed by atoms with E-state index in [9.17, 15) is 0 Å². The summed E-state index contributed by atoms with van der Waals surface area (Å²) in [6.07, 6.45) is 1.20. The molecule has 1 aromatic rings. The monoisotopic (exact) mass is 248 g/mol. The maximum Gasteiger partial charge on any atom is 0.118 e. The van der Waals surface area contributed by atoms with Crippen LogP contribution < -0.4 is 10.5 Å². The van der Waals surface area contributed by atoms with Gasteiger partial charge in [-0.2, -0.15) is 0 Å². The molecule has 1 aromatic carbocycles. The summed E-state index contributed by atoms with van der Waals surface area (Å²) in [6.45, 7) is 6.43. The average molecular weight is 248 g/mol. The molecule has 1 fully saturated rings. The number of hydrogen-bond acceptors (Lipinski definition) is 3. The molecule has 3 nitrogen and oxygen atoms in total. The lowest BCUT2D eigenvalue weighted by atomic mass is 9.93. The molecule has 0 radical (unpaired) electrons. The second kappa shape index (κ2) is 5.72. The number of likely N-dealkylation sites (tertiary alicyclic amines) is 1.